The number of benzene rings is 1. The van der Waals surface area contributed by atoms with E-state index in [1.54, 1.807) is 11.8 Å². The highest BCUT2D eigenvalue weighted by Crippen LogP contribution is 2.23. The summed E-state index contributed by atoms with van der Waals surface area (Å²) in [4.78, 5) is 4.35. The molecule has 0 aliphatic rings. The normalized spacial score (nSPS) is 12.6. The summed E-state index contributed by atoms with van der Waals surface area (Å²) in [5.41, 5.74) is 8.83. The van der Waals surface area contributed by atoms with Crippen molar-refractivity contribution < 1.29 is 0 Å². The van der Waals surface area contributed by atoms with Crippen LogP contribution in [0.4, 0.5) is 0 Å². The van der Waals surface area contributed by atoms with Crippen LogP contribution in [0.2, 0.25) is 0 Å². The lowest BCUT2D eigenvalue weighted by molar-refractivity contribution is 0.647. The highest BCUT2D eigenvalue weighted by atomic mass is 79.9. The van der Waals surface area contributed by atoms with Crippen molar-refractivity contribution in [2.24, 2.45) is 11.7 Å². The predicted octanol–water partition coefficient (Wildman–Crippen LogP) is 4.83. The molecular formula is C17H21BrN2S. The Kier molecular flexibility index (Phi) is 6.27. The number of hydrogen-bond donors (Lipinski definition) is 1. The van der Waals surface area contributed by atoms with Gasteiger partial charge in [0.1, 0.15) is 0 Å². The Balaban J connectivity index is 1.90. The van der Waals surface area contributed by atoms with Gasteiger partial charge in [-0.1, -0.05) is 38.1 Å². The average Bonchev–Trinajstić information content (AvgIpc) is 2.46. The van der Waals surface area contributed by atoms with Crippen molar-refractivity contribution in [3.63, 3.8) is 0 Å². The fourth-order valence-electron chi connectivity index (χ4n) is 2.09. The van der Waals surface area contributed by atoms with E-state index in [1.165, 1.54) is 11.1 Å². The predicted molar refractivity (Wildman–Crippen MR) is 94.6 cm³/mol. The van der Waals surface area contributed by atoms with Gasteiger partial charge < -0.3 is 5.73 Å². The molecule has 0 bridgehead atoms. The summed E-state index contributed by atoms with van der Waals surface area (Å²) in [6.07, 6.45) is 2.93. The number of rotatable bonds is 6. The van der Waals surface area contributed by atoms with E-state index in [1.807, 2.05) is 18.3 Å². The van der Waals surface area contributed by atoms with Gasteiger partial charge >= 0.3 is 0 Å². The van der Waals surface area contributed by atoms with Crippen LogP contribution in [-0.4, -0.2) is 10.7 Å². The molecule has 1 atom stereocenters. The lowest BCUT2D eigenvalue weighted by atomic mass is 10.0. The van der Waals surface area contributed by atoms with Gasteiger partial charge in [-0.25, -0.2) is 4.98 Å². The zero-order valence-corrected chi connectivity index (χ0v) is 14.8. The minimum Gasteiger partial charge on any atom is -0.323 e. The van der Waals surface area contributed by atoms with Crippen molar-refractivity contribution in [3.8, 4) is 0 Å². The molecule has 2 N–H and O–H groups in total. The van der Waals surface area contributed by atoms with Crippen molar-refractivity contribution in [3.05, 3.63) is 58.2 Å². The third kappa shape index (κ3) is 5.46. The maximum Gasteiger partial charge on any atom is 0.0961 e. The smallest absolute Gasteiger partial charge is 0.0961 e. The number of nitrogens with two attached hydrogens (primary N) is 1. The quantitative estimate of drug-likeness (QED) is 0.745. The third-order valence-electron chi connectivity index (χ3n) is 3.16. The zero-order valence-electron chi connectivity index (χ0n) is 12.4. The molecule has 2 rings (SSSR count). The van der Waals surface area contributed by atoms with E-state index in [-0.39, 0.29) is 6.04 Å². The Hall–Kier alpha value is -0.840. The number of nitrogens with zero attached hydrogens (tertiary/aromatic N) is 1. The summed E-state index contributed by atoms with van der Waals surface area (Å²) in [7, 11) is 0. The second-order valence-corrected chi connectivity index (χ2v) is 7.53. The van der Waals surface area contributed by atoms with E-state index in [4.69, 9.17) is 5.73 Å². The summed E-state index contributed by atoms with van der Waals surface area (Å²) in [5, 5.41) is 1.00. The van der Waals surface area contributed by atoms with E-state index in [9.17, 15) is 0 Å². The SMILES string of the molecule is CC(C)Cc1ccc(C(N)CSc2ccc(Br)cn2)cc1. The van der Waals surface area contributed by atoms with Crippen LogP contribution in [0.1, 0.15) is 31.0 Å². The van der Waals surface area contributed by atoms with Crippen molar-refractivity contribution in [2.75, 3.05) is 5.75 Å². The summed E-state index contributed by atoms with van der Waals surface area (Å²) in [6.45, 7) is 4.48. The van der Waals surface area contributed by atoms with Crippen LogP contribution in [0, 0.1) is 5.92 Å². The Labute approximate surface area is 139 Å². The molecule has 0 aliphatic carbocycles. The maximum absolute atomic E-state index is 6.27. The van der Waals surface area contributed by atoms with E-state index in [0.29, 0.717) is 5.92 Å². The van der Waals surface area contributed by atoms with Crippen LogP contribution < -0.4 is 5.73 Å². The fraction of sp³-hybridized carbons (Fsp3) is 0.353. The Morgan fingerprint density at radius 3 is 2.43 bits per heavy atom. The highest BCUT2D eigenvalue weighted by Gasteiger charge is 2.08. The van der Waals surface area contributed by atoms with E-state index < -0.39 is 0 Å². The number of hydrogen-bond acceptors (Lipinski definition) is 3. The van der Waals surface area contributed by atoms with Crippen molar-refractivity contribution in [1.29, 1.82) is 0 Å². The largest absolute Gasteiger partial charge is 0.323 e. The lowest BCUT2D eigenvalue weighted by Gasteiger charge is -2.13. The molecule has 1 unspecified atom stereocenters. The van der Waals surface area contributed by atoms with Gasteiger partial charge in [0.05, 0.1) is 5.03 Å². The van der Waals surface area contributed by atoms with Crippen molar-refractivity contribution in [1.82, 2.24) is 4.98 Å². The average molecular weight is 365 g/mol. The standard InChI is InChI=1S/C17H21BrN2S/c1-12(2)9-13-3-5-14(6-4-13)16(19)11-21-17-8-7-15(18)10-20-17/h3-8,10,12,16H,9,11,19H2,1-2H3. The van der Waals surface area contributed by atoms with Gasteiger partial charge in [-0.3, -0.25) is 0 Å². The van der Waals surface area contributed by atoms with E-state index in [2.05, 4.69) is 59.0 Å². The molecule has 0 aliphatic heterocycles. The molecule has 2 aromatic rings. The molecule has 4 heteroatoms. The first kappa shape index (κ1) is 16.5. The molecular weight excluding hydrogens is 344 g/mol. The second kappa shape index (κ2) is 7.97. The fourth-order valence-corrected chi connectivity index (χ4v) is 3.16. The first-order chi connectivity index (χ1) is 10.0. The molecule has 112 valence electrons. The zero-order chi connectivity index (χ0) is 15.2. The molecule has 0 saturated heterocycles. The molecule has 2 nitrogen and oxygen atoms in total. The van der Waals surface area contributed by atoms with Gasteiger partial charge in [0.25, 0.3) is 0 Å². The molecule has 0 amide bonds. The van der Waals surface area contributed by atoms with Crippen LogP contribution in [0.3, 0.4) is 0 Å². The van der Waals surface area contributed by atoms with Gasteiger partial charge in [0, 0.05) is 22.5 Å². The number of pyridine rings is 1. The summed E-state index contributed by atoms with van der Waals surface area (Å²) >= 11 is 5.08. The van der Waals surface area contributed by atoms with Crippen molar-refractivity contribution in [2.45, 2.75) is 31.3 Å². The van der Waals surface area contributed by atoms with E-state index >= 15 is 0 Å². The first-order valence-electron chi connectivity index (χ1n) is 7.13. The van der Waals surface area contributed by atoms with Gasteiger partial charge in [-0.15, -0.1) is 11.8 Å². The summed E-state index contributed by atoms with van der Waals surface area (Å²) in [6, 6.07) is 12.7. The Morgan fingerprint density at radius 2 is 1.86 bits per heavy atom. The van der Waals surface area contributed by atoms with Crippen LogP contribution >= 0.6 is 27.7 Å². The minimum atomic E-state index is 0.0357. The molecule has 0 spiro atoms. The monoisotopic (exact) mass is 364 g/mol. The van der Waals surface area contributed by atoms with Gasteiger partial charge in [-0.05, 0) is 51.5 Å². The van der Waals surface area contributed by atoms with E-state index in [0.717, 1.165) is 21.7 Å². The van der Waals surface area contributed by atoms with Crippen LogP contribution in [0.5, 0.6) is 0 Å². The van der Waals surface area contributed by atoms with Gasteiger partial charge in [0.15, 0.2) is 0 Å². The molecule has 21 heavy (non-hydrogen) atoms. The number of aromatic nitrogens is 1. The van der Waals surface area contributed by atoms with Crippen molar-refractivity contribution >= 4 is 27.7 Å². The number of halogens is 1. The molecule has 1 aromatic heterocycles. The van der Waals surface area contributed by atoms with Crippen LogP contribution in [0.25, 0.3) is 0 Å². The molecule has 1 heterocycles. The lowest BCUT2D eigenvalue weighted by Crippen LogP contribution is -2.13. The minimum absolute atomic E-state index is 0.0357. The summed E-state index contributed by atoms with van der Waals surface area (Å²) in [5.74, 6) is 1.52. The molecule has 0 saturated carbocycles. The Bertz CT molecular complexity index is 552. The Morgan fingerprint density at radius 1 is 1.14 bits per heavy atom. The molecule has 0 fully saturated rings. The third-order valence-corrected chi connectivity index (χ3v) is 4.69. The molecule has 1 aromatic carbocycles. The second-order valence-electron chi connectivity index (χ2n) is 5.57. The van der Waals surface area contributed by atoms with Crippen LogP contribution in [0.15, 0.2) is 52.1 Å². The van der Waals surface area contributed by atoms with Crippen LogP contribution in [-0.2, 0) is 6.42 Å². The highest BCUT2D eigenvalue weighted by molar-refractivity contribution is 9.10. The maximum atomic E-state index is 6.27. The first-order valence-corrected chi connectivity index (χ1v) is 8.91. The number of thioether (sulfide) groups is 1. The topological polar surface area (TPSA) is 38.9 Å². The molecule has 0 radical (unpaired) electrons. The van der Waals surface area contributed by atoms with Gasteiger partial charge in [-0.2, -0.15) is 0 Å². The van der Waals surface area contributed by atoms with Gasteiger partial charge in [0.2, 0.25) is 0 Å². The summed E-state index contributed by atoms with van der Waals surface area (Å²) < 4.78 is 0.997.